The van der Waals surface area contributed by atoms with E-state index in [2.05, 4.69) is 35.2 Å². The maximum Gasteiger partial charge on any atom is 0.263 e. The van der Waals surface area contributed by atoms with Crippen LogP contribution in [0.15, 0.2) is 41.7 Å². The molecule has 1 amide bonds. The molecule has 1 aliphatic rings. The van der Waals surface area contributed by atoms with Crippen LogP contribution in [-0.2, 0) is 6.42 Å². The van der Waals surface area contributed by atoms with Crippen molar-refractivity contribution in [2.24, 2.45) is 0 Å². The summed E-state index contributed by atoms with van der Waals surface area (Å²) in [5, 5.41) is 4.19. The van der Waals surface area contributed by atoms with Gasteiger partial charge in [-0.25, -0.2) is 9.50 Å². The van der Waals surface area contributed by atoms with Gasteiger partial charge in [-0.3, -0.25) is 9.59 Å². The standard InChI is InChI=1S/C23H26N4O2S/c1-2-3-4-5-6-11-30-19-7-8-21-18(12-19)9-10-26(21)23(29)20-14-25-27-15-17(16-28)13-24-22(20)27/h7-8,12-16H,2-6,9-11H2,1H3. The quantitative estimate of drug-likeness (QED) is 0.281. The Balaban J connectivity index is 1.44. The third-order valence-corrected chi connectivity index (χ3v) is 6.53. The number of rotatable bonds is 9. The van der Waals surface area contributed by atoms with Gasteiger partial charge in [0.15, 0.2) is 11.9 Å². The summed E-state index contributed by atoms with van der Waals surface area (Å²) < 4.78 is 1.48. The summed E-state index contributed by atoms with van der Waals surface area (Å²) >= 11 is 1.90. The molecule has 0 saturated heterocycles. The third kappa shape index (κ3) is 4.26. The molecule has 0 radical (unpaired) electrons. The Labute approximate surface area is 180 Å². The molecule has 0 saturated carbocycles. The van der Waals surface area contributed by atoms with Crippen LogP contribution in [0.5, 0.6) is 0 Å². The molecule has 4 rings (SSSR count). The summed E-state index contributed by atoms with van der Waals surface area (Å²) in [4.78, 5) is 31.4. The average molecular weight is 423 g/mol. The highest BCUT2D eigenvalue weighted by Crippen LogP contribution is 2.33. The van der Waals surface area contributed by atoms with E-state index in [-0.39, 0.29) is 5.91 Å². The molecule has 2 aromatic heterocycles. The summed E-state index contributed by atoms with van der Waals surface area (Å²) in [5.74, 6) is 1.04. The van der Waals surface area contributed by atoms with Gasteiger partial charge in [0.25, 0.3) is 5.91 Å². The highest BCUT2D eigenvalue weighted by Gasteiger charge is 2.28. The minimum atomic E-state index is -0.105. The van der Waals surface area contributed by atoms with Crippen molar-refractivity contribution >= 4 is 35.3 Å². The van der Waals surface area contributed by atoms with Crippen molar-refractivity contribution < 1.29 is 9.59 Å². The fourth-order valence-electron chi connectivity index (χ4n) is 3.82. The second kappa shape index (κ2) is 9.43. The van der Waals surface area contributed by atoms with Crippen molar-refractivity contribution in [1.82, 2.24) is 14.6 Å². The van der Waals surface area contributed by atoms with Crippen LogP contribution >= 0.6 is 11.8 Å². The number of aldehydes is 1. The molecule has 0 bridgehead atoms. The van der Waals surface area contributed by atoms with Crippen molar-refractivity contribution in [1.29, 1.82) is 0 Å². The van der Waals surface area contributed by atoms with Crippen LogP contribution in [0, 0.1) is 0 Å². The summed E-state index contributed by atoms with van der Waals surface area (Å²) in [7, 11) is 0. The Hall–Kier alpha value is -2.67. The van der Waals surface area contributed by atoms with Gasteiger partial charge in [-0.2, -0.15) is 5.10 Å². The SMILES string of the molecule is CCCCCCCSc1ccc2c(c1)CCN2C(=O)c1cnn2cc(C=O)cnc12. The third-order valence-electron chi connectivity index (χ3n) is 5.45. The Kier molecular flexibility index (Phi) is 6.47. The van der Waals surface area contributed by atoms with Gasteiger partial charge in [0.05, 0.1) is 11.8 Å². The van der Waals surface area contributed by atoms with Gasteiger partial charge in [0.1, 0.15) is 5.56 Å². The van der Waals surface area contributed by atoms with E-state index in [9.17, 15) is 9.59 Å². The molecular weight excluding hydrogens is 396 g/mol. The Bertz CT molecular complexity index is 1060. The van der Waals surface area contributed by atoms with E-state index in [1.165, 1.54) is 59.5 Å². The summed E-state index contributed by atoms with van der Waals surface area (Å²) in [6.45, 7) is 2.89. The second-order valence-electron chi connectivity index (χ2n) is 7.59. The highest BCUT2D eigenvalue weighted by atomic mass is 32.2. The lowest BCUT2D eigenvalue weighted by atomic mass is 10.2. The monoisotopic (exact) mass is 422 g/mol. The minimum Gasteiger partial charge on any atom is -0.308 e. The number of hydrogen-bond donors (Lipinski definition) is 0. The number of anilines is 1. The molecule has 0 spiro atoms. The molecule has 6 nitrogen and oxygen atoms in total. The number of amides is 1. The zero-order chi connectivity index (χ0) is 20.9. The van der Waals surface area contributed by atoms with E-state index < -0.39 is 0 Å². The number of benzene rings is 1. The van der Waals surface area contributed by atoms with Crippen LogP contribution in [0.4, 0.5) is 5.69 Å². The van der Waals surface area contributed by atoms with Crippen LogP contribution in [0.2, 0.25) is 0 Å². The van der Waals surface area contributed by atoms with Crippen LogP contribution in [-0.4, -0.2) is 39.1 Å². The molecule has 3 aromatic rings. The molecular formula is C23H26N4O2S. The zero-order valence-electron chi connectivity index (χ0n) is 17.2. The maximum absolute atomic E-state index is 13.2. The van der Waals surface area contributed by atoms with Crippen LogP contribution in [0.3, 0.4) is 0 Å². The molecule has 1 aliphatic heterocycles. The molecule has 30 heavy (non-hydrogen) atoms. The number of carbonyl (C=O) groups excluding carboxylic acids is 2. The van der Waals surface area contributed by atoms with Crippen molar-refractivity contribution in [3.63, 3.8) is 0 Å². The lowest BCUT2D eigenvalue weighted by Crippen LogP contribution is -2.28. The van der Waals surface area contributed by atoms with E-state index in [4.69, 9.17) is 0 Å². The topological polar surface area (TPSA) is 67.6 Å². The van der Waals surface area contributed by atoms with Gasteiger partial charge in [0.2, 0.25) is 0 Å². The minimum absolute atomic E-state index is 0.105. The molecule has 0 aliphatic carbocycles. The molecule has 0 fully saturated rings. The first-order chi connectivity index (χ1) is 14.7. The van der Waals surface area contributed by atoms with Crippen molar-refractivity contribution in [3.05, 3.63) is 53.5 Å². The predicted octanol–water partition coefficient (Wildman–Crippen LogP) is 4.81. The van der Waals surface area contributed by atoms with Crippen molar-refractivity contribution in [2.75, 3.05) is 17.2 Å². The van der Waals surface area contributed by atoms with E-state index >= 15 is 0 Å². The van der Waals surface area contributed by atoms with E-state index in [1.54, 1.807) is 11.1 Å². The fraction of sp³-hybridized carbons (Fsp3) is 0.391. The molecule has 0 N–H and O–H groups in total. The summed E-state index contributed by atoms with van der Waals surface area (Å²) in [6, 6.07) is 6.40. The lowest BCUT2D eigenvalue weighted by Gasteiger charge is -2.17. The first-order valence-corrected chi connectivity index (χ1v) is 11.6. The van der Waals surface area contributed by atoms with E-state index in [0.717, 1.165) is 17.9 Å². The number of aromatic nitrogens is 3. The second-order valence-corrected chi connectivity index (χ2v) is 8.76. The smallest absolute Gasteiger partial charge is 0.263 e. The molecule has 156 valence electrons. The van der Waals surface area contributed by atoms with E-state index in [0.29, 0.717) is 29.6 Å². The number of fused-ring (bicyclic) bond motifs is 2. The van der Waals surface area contributed by atoms with Crippen LogP contribution < -0.4 is 4.90 Å². The highest BCUT2D eigenvalue weighted by molar-refractivity contribution is 7.99. The molecule has 0 atom stereocenters. The first kappa shape index (κ1) is 20.6. The normalized spacial score (nSPS) is 13.0. The first-order valence-electron chi connectivity index (χ1n) is 10.6. The Morgan fingerprint density at radius 3 is 2.90 bits per heavy atom. The van der Waals surface area contributed by atoms with Gasteiger partial charge in [-0.1, -0.05) is 32.6 Å². The largest absolute Gasteiger partial charge is 0.308 e. The molecule has 7 heteroatoms. The number of carbonyl (C=O) groups is 2. The maximum atomic E-state index is 13.2. The average Bonchev–Trinajstić information content (AvgIpc) is 3.39. The lowest BCUT2D eigenvalue weighted by molar-refractivity contribution is 0.0990. The molecule has 1 aromatic carbocycles. The predicted molar refractivity (Wildman–Crippen MR) is 120 cm³/mol. The number of hydrogen-bond acceptors (Lipinski definition) is 5. The van der Waals surface area contributed by atoms with E-state index in [1.807, 2.05) is 11.8 Å². The number of unbranched alkanes of at least 4 members (excludes halogenated alkanes) is 4. The Morgan fingerprint density at radius 1 is 1.20 bits per heavy atom. The number of nitrogens with zero attached hydrogens (tertiary/aromatic N) is 4. The Morgan fingerprint density at radius 2 is 2.07 bits per heavy atom. The summed E-state index contributed by atoms with van der Waals surface area (Å²) in [5.41, 5.74) is 3.52. The van der Waals surface area contributed by atoms with Crippen molar-refractivity contribution in [3.8, 4) is 0 Å². The summed E-state index contributed by atoms with van der Waals surface area (Å²) in [6.07, 6.45) is 12.6. The van der Waals surface area contributed by atoms with Crippen LogP contribution in [0.25, 0.3) is 5.65 Å². The van der Waals surface area contributed by atoms with Gasteiger partial charge < -0.3 is 4.90 Å². The van der Waals surface area contributed by atoms with Gasteiger partial charge in [0, 0.05) is 29.5 Å². The van der Waals surface area contributed by atoms with Gasteiger partial charge in [-0.05, 0) is 42.4 Å². The van der Waals surface area contributed by atoms with Crippen molar-refractivity contribution in [2.45, 2.75) is 50.3 Å². The van der Waals surface area contributed by atoms with Gasteiger partial charge in [-0.15, -0.1) is 11.8 Å². The van der Waals surface area contributed by atoms with Gasteiger partial charge >= 0.3 is 0 Å². The molecule has 3 heterocycles. The molecule has 0 unspecified atom stereocenters. The fourth-order valence-corrected chi connectivity index (χ4v) is 4.79. The zero-order valence-corrected chi connectivity index (χ0v) is 18.0. The van der Waals surface area contributed by atoms with Crippen LogP contribution in [0.1, 0.15) is 65.3 Å². The number of thioether (sulfide) groups is 1.